The minimum Gasteiger partial charge on any atom is -0.376 e. The van der Waals surface area contributed by atoms with Gasteiger partial charge in [0.2, 0.25) is 10.0 Å². The first-order valence-corrected chi connectivity index (χ1v) is 11.4. The van der Waals surface area contributed by atoms with Crippen molar-refractivity contribution in [3.63, 3.8) is 0 Å². The van der Waals surface area contributed by atoms with E-state index in [9.17, 15) is 13.2 Å². The molecule has 1 aliphatic heterocycles. The minimum absolute atomic E-state index is 0.0478. The van der Waals surface area contributed by atoms with Crippen LogP contribution in [-0.4, -0.2) is 38.0 Å². The van der Waals surface area contributed by atoms with E-state index in [-0.39, 0.29) is 23.7 Å². The van der Waals surface area contributed by atoms with Gasteiger partial charge in [-0.2, -0.15) is 0 Å². The molecule has 2 atom stereocenters. The van der Waals surface area contributed by atoms with Crippen molar-refractivity contribution in [3.05, 3.63) is 33.7 Å². The Balaban J connectivity index is 1.83. The molecule has 1 aliphatic carbocycles. The SMILES string of the molecule is Cc1ccc2n(c1=O)[C@@H](COC1CCC(C)CC1)[C@@H](NS(C)(=O)=O)CC2. The van der Waals surface area contributed by atoms with Crippen LogP contribution in [0.3, 0.4) is 0 Å². The van der Waals surface area contributed by atoms with E-state index in [1.807, 2.05) is 12.1 Å². The van der Waals surface area contributed by atoms with Crippen LogP contribution in [0.2, 0.25) is 0 Å². The molecule has 1 N–H and O–H groups in total. The van der Waals surface area contributed by atoms with Crippen LogP contribution < -0.4 is 10.3 Å². The molecule has 1 saturated carbocycles. The third-order valence-corrected chi connectivity index (χ3v) is 6.46. The molecule has 3 rings (SSSR count). The van der Waals surface area contributed by atoms with Crippen LogP contribution in [-0.2, 0) is 21.2 Å². The summed E-state index contributed by atoms with van der Waals surface area (Å²) in [6.45, 7) is 4.42. The monoisotopic (exact) mass is 382 g/mol. The second-order valence-corrected chi connectivity index (χ2v) is 9.78. The zero-order valence-corrected chi connectivity index (χ0v) is 16.7. The fraction of sp³-hybridized carbons (Fsp3) is 0.737. The lowest BCUT2D eigenvalue weighted by molar-refractivity contribution is -0.00537. The van der Waals surface area contributed by atoms with Gasteiger partial charge in [0.25, 0.3) is 5.56 Å². The Kier molecular flexibility index (Phi) is 5.89. The van der Waals surface area contributed by atoms with Gasteiger partial charge in [-0.3, -0.25) is 4.79 Å². The van der Waals surface area contributed by atoms with Crippen molar-refractivity contribution in [2.45, 2.75) is 70.6 Å². The average Bonchev–Trinajstić information content (AvgIpc) is 2.57. The highest BCUT2D eigenvalue weighted by Gasteiger charge is 2.33. The van der Waals surface area contributed by atoms with Gasteiger partial charge in [-0.1, -0.05) is 13.0 Å². The van der Waals surface area contributed by atoms with Gasteiger partial charge in [0.15, 0.2) is 0 Å². The van der Waals surface area contributed by atoms with Gasteiger partial charge in [-0.25, -0.2) is 13.1 Å². The van der Waals surface area contributed by atoms with Gasteiger partial charge in [0, 0.05) is 17.3 Å². The number of pyridine rings is 1. The molecule has 0 radical (unpaired) electrons. The second-order valence-electron chi connectivity index (χ2n) is 8.00. The number of nitrogens with one attached hydrogen (secondary N) is 1. The molecule has 1 aromatic rings. The van der Waals surface area contributed by atoms with E-state index in [4.69, 9.17) is 4.74 Å². The van der Waals surface area contributed by atoms with E-state index in [0.29, 0.717) is 25.0 Å². The van der Waals surface area contributed by atoms with E-state index in [2.05, 4.69) is 11.6 Å². The highest BCUT2D eigenvalue weighted by molar-refractivity contribution is 7.88. The fourth-order valence-electron chi connectivity index (χ4n) is 4.17. The molecule has 0 spiro atoms. The van der Waals surface area contributed by atoms with Crippen molar-refractivity contribution in [1.82, 2.24) is 9.29 Å². The topological polar surface area (TPSA) is 77.4 Å². The number of rotatable bonds is 5. The van der Waals surface area contributed by atoms with E-state index < -0.39 is 10.0 Å². The normalized spacial score (nSPS) is 29.3. The molecule has 6 nitrogen and oxygen atoms in total. The van der Waals surface area contributed by atoms with Crippen molar-refractivity contribution >= 4 is 10.0 Å². The molecule has 1 aromatic heterocycles. The standard InChI is InChI=1S/C19H30N2O4S/c1-13-4-9-16(10-5-13)25-12-18-17(20-26(3,23)24)11-8-15-7-6-14(2)19(22)21(15)18/h6-7,13,16-18,20H,4-5,8-12H2,1-3H3/t13?,16?,17-,18-/m0/s1. The molecule has 1 fully saturated rings. The number of ether oxygens (including phenoxy) is 1. The summed E-state index contributed by atoms with van der Waals surface area (Å²) in [7, 11) is -3.35. The number of sulfonamides is 1. The number of aromatic nitrogens is 1. The van der Waals surface area contributed by atoms with Crippen LogP contribution in [0.5, 0.6) is 0 Å². The predicted octanol–water partition coefficient (Wildman–Crippen LogP) is 2.16. The summed E-state index contributed by atoms with van der Waals surface area (Å²) in [6.07, 6.45) is 7.12. The van der Waals surface area contributed by atoms with E-state index >= 15 is 0 Å². The fourth-order valence-corrected chi connectivity index (χ4v) is 5.00. The van der Waals surface area contributed by atoms with E-state index in [1.54, 1.807) is 11.5 Å². The molecular formula is C19H30N2O4S. The Bertz CT molecular complexity index is 794. The first-order chi connectivity index (χ1) is 12.2. The summed E-state index contributed by atoms with van der Waals surface area (Å²) in [5.74, 6) is 0.746. The van der Waals surface area contributed by atoms with Gasteiger partial charge >= 0.3 is 0 Å². The molecule has 26 heavy (non-hydrogen) atoms. The molecule has 0 aromatic carbocycles. The summed E-state index contributed by atoms with van der Waals surface area (Å²) in [4.78, 5) is 12.8. The summed E-state index contributed by atoms with van der Waals surface area (Å²) in [5.41, 5.74) is 1.58. The first-order valence-electron chi connectivity index (χ1n) is 9.54. The van der Waals surface area contributed by atoms with Crippen molar-refractivity contribution in [3.8, 4) is 0 Å². The van der Waals surface area contributed by atoms with Crippen molar-refractivity contribution < 1.29 is 13.2 Å². The summed E-state index contributed by atoms with van der Waals surface area (Å²) in [6, 6.07) is 3.20. The Morgan fingerprint density at radius 1 is 1.19 bits per heavy atom. The molecular weight excluding hydrogens is 352 g/mol. The van der Waals surface area contributed by atoms with Crippen LogP contribution in [0, 0.1) is 12.8 Å². The molecule has 0 saturated heterocycles. The minimum atomic E-state index is -3.35. The van der Waals surface area contributed by atoms with Crippen LogP contribution in [0.25, 0.3) is 0 Å². The lowest BCUT2D eigenvalue weighted by Gasteiger charge is -2.36. The van der Waals surface area contributed by atoms with Crippen LogP contribution in [0.1, 0.15) is 56.3 Å². The number of nitrogens with zero attached hydrogens (tertiary/aromatic N) is 1. The average molecular weight is 383 g/mol. The molecule has 146 valence electrons. The van der Waals surface area contributed by atoms with E-state index in [0.717, 1.165) is 37.3 Å². The van der Waals surface area contributed by atoms with Gasteiger partial charge in [-0.05, 0) is 57.4 Å². The van der Waals surface area contributed by atoms with Crippen LogP contribution in [0.15, 0.2) is 16.9 Å². The summed E-state index contributed by atoms with van der Waals surface area (Å²) >= 11 is 0. The Morgan fingerprint density at radius 3 is 2.54 bits per heavy atom. The summed E-state index contributed by atoms with van der Waals surface area (Å²) < 4.78 is 34.3. The Labute approximate surface area is 156 Å². The largest absolute Gasteiger partial charge is 0.376 e. The maximum absolute atomic E-state index is 12.8. The first kappa shape index (κ1) is 19.6. The summed E-state index contributed by atoms with van der Waals surface area (Å²) in [5, 5.41) is 0. The van der Waals surface area contributed by atoms with Crippen LogP contribution >= 0.6 is 0 Å². The van der Waals surface area contributed by atoms with Gasteiger partial charge in [0.05, 0.1) is 25.0 Å². The van der Waals surface area contributed by atoms with Crippen molar-refractivity contribution in [2.24, 2.45) is 5.92 Å². The van der Waals surface area contributed by atoms with Crippen molar-refractivity contribution in [1.29, 1.82) is 0 Å². The van der Waals surface area contributed by atoms with E-state index in [1.165, 1.54) is 6.26 Å². The maximum Gasteiger partial charge on any atom is 0.254 e. The van der Waals surface area contributed by atoms with Gasteiger partial charge < -0.3 is 9.30 Å². The number of hydrogen-bond acceptors (Lipinski definition) is 4. The zero-order valence-electron chi connectivity index (χ0n) is 15.9. The predicted molar refractivity (Wildman–Crippen MR) is 102 cm³/mol. The van der Waals surface area contributed by atoms with Crippen molar-refractivity contribution in [2.75, 3.05) is 12.9 Å². The smallest absolute Gasteiger partial charge is 0.254 e. The Hall–Kier alpha value is -1.18. The molecule has 0 unspecified atom stereocenters. The number of fused-ring (bicyclic) bond motifs is 1. The highest BCUT2D eigenvalue weighted by atomic mass is 32.2. The molecule has 0 bridgehead atoms. The quantitative estimate of drug-likeness (QED) is 0.847. The highest BCUT2D eigenvalue weighted by Crippen LogP contribution is 2.29. The lowest BCUT2D eigenvalue weighted by atomic mass is 9.89. The maximum atomic E-state index is 12.8. The van der Waals surface area contributed by atoms with Crippen LogP contribution in [0.4, 0.5) is 0 Å². The molecule has 0 amide bonds. The zero-order chi connectivity index (χ0) is 18.9. The van der Waals surface area contributed by atoms with Gasteiger partial charge in [0.1, 0.15) is 0 Å². The molecule has 7 heteroatoms. The Morgan fingerprint density at radius 2 is 1.88 bits per heavy atom. The van der Waals surface area contributed by atoms with Gasteiger partial charge in [-0.15, -0.1) is 0 Å². The number of aryl methyl sites for hydroxylation is 2. The third-order valence-electron chi connectivity index (χ3n) is 5.73. The molecule has 2 heterocycles. The third kappa shape index (κ3) is 4.56. The number of hydrogen-bond donors (Lipinski definition) is 1. The molecule has 2 aliphatic rings. The lowest BCUT2D eigenvalue weighted by Crippen LogP contribution is -2.49. The second kappa shape index (κ2) is 7.82.